The van der Waals surface area contributed by atoms with Gasteiger partial charge in [0.2, 0.25) is 10.0 Å². The summed E-state index contributed by atoms with van der Waals surface area (Å²) in [5, 5.41) is 0. The van der Waals surface area contributed by atoms with Crippen molar-refractivity contribution in [1.82, 2.24) is 9.21 Å². The van der Waals surface area contributed by atoms with Crippen LogP contribution in [0.4, 0.5) is 4.39 Å². The molecule has 172 valence electrons. The predicted molar refractivity (Wildman–Crippen MR) is 114 cm³/mol. The summed E-state index contributed by atoms with van der Waals surface area (Å²) in [6.45, 7) is 2.70. The van der Waals surface area contributed by atoms with E-state index in [0.29, 0.717) is 13.1 Å². The quantitative estimate of drug-likeness (QED) is 0.555. The summed E-state index contributed by atoms with van der Waals surface area (Å²) < 4.78 is 51.2. The highest BCUT2D eigenvalue weighted by Gasteiger charge is 2.30. The minimum atomic E-state index is -4.14. The zero-order chi connectivity index (χ0) is 23.1. The van der Waals surface area contributed by atoms with E-state index in [1.807, 2.05) is 37.3 Å². The van der Waals surface area contributed by atoms with Crippen LogP contribution in [0.5, 0.6) is 0 Å². The van der Waals surface area contributed by atoms with Crippen LogP contribution in [0.15, 0.2) is 53.4 Å². The number of carbonyl (C=O) groups excluding carboxylic acids is 2. The Morgan fingerprint density at radius 3 is 2.47 bits per heavy atom. The number of carbonyl (C=O) groups is 2. The number of ether oxygens (including phenoxy) is 2. The van der Waals surface area contributed by atoms with Gasteiger partial charge in [0.1, 0.15) is 10.7 Å². The van der Waals surface area contributed by atoms with Gasteiger partial charge in [-0.3, -0.25) is 4.79 Å². The molecule has 0 saturated carbocycles. The Bertz CT molecular complexity index is 1060. The molecule has 1 fully saturated rings. The molecule has 0 unspecified atom stereocenters. The van der Waals surface area contributed by atoms with Crippen LogP contribution in [0.25, 0.3) is 0 Å². The summed E-state index contributed by atoms with van der Waals surface area (Å²) in [4.78, 5) is 25.8. The molecule has 0 aliphatic carbocycles. The topological polar surface area (TPSA) is 93.2 Å². The van der Waals surface area contributed by atoms with E-state index in [4.69, 9.17) is 9.47 Å². The molecule has 0 radical (unpaired) electrons. The molecule has 10 heteroatoms. The number of hydrogen-bond acceptors (Lipinski definition) is 6. The molecule has 0 N–H and O–H groups in total. The first kappa shape index (κ1) is 23.8. The van der Waals surface area contributed by atoms with Gasteiger partial charge in [0.25, 0.3) is 5.91 Å². The number of rotatable bonds is 8. The van der Waals surface area contributed by atoms with E-state index in [0.717, 1.165) is 28.1 Å². The number of likely N-dealkylation sites (N-methyl/N-ethyl adjacent to an activating group) is 1. The fourth-order valence-electron chi connectivity index (χ4n) is 3.24. The first-order valence-electron chi connectivity index (χ1n) is 10.2. The highest BCUT2D eigenvalue weighted by atomic mass is 32.2. The lowest BCUT2D eigenvalue weighted by atomic mass is 10.2. The lowest BCUT2D eigenvalue weighted by Crippen LogP contribution is -2.41. The number of esters is 1. The van der Waals surface area contributed by atoms with Crippen molar-refractivity contribution in [3.8, 4) is 0 Å². The largest absolute Gasteiger partial charge is 0.452 e. The molecular formula is C22H25FN2O6S. The normalized spacial score (nSPS) is 14.7. The van der Waals surface area contributed by atoms with Crippen LogP contribution in [0, 0.1) is 5.82 Å². The van der Waals surface area contributed by atoms with Crippen molar-refractivity contribution in [1.29, 1.82) is 0 Å². The second-order valence-corrected chi connectivity index (χ2v) is 9.04. The maximum absolute atomic E-state index is 14.3. The van der Waals surface area contributed by atoms with Crippen LogP contribution in [-0.2, 0) is 30.8 Å². The molecule has 0 bridgehead atoms. The average molecular weight is 465 g/mol. The third-order valence-electron chi connectivity index (χ3n) is 5.03. The van der Waals surface area contributed by atoms with Gasteiger partial charge < -0.3 is 14.4 Å². The summed E-state index contributed by atoms with van der Waals surface area (Å²) in [6.07, 6.45) is 0. The van der Waals surface area contributed by atoms with Gasteiger partial charge in [-0.25, -0.2) is 17.6 Å². The third kappa shape index (κ3) is 5.70. The second kappa shape index (κ2) is 10.7. The molecular weight excluding hydrogens is 439 g/mol. The van der Waals surface area contributed by atoms with Gasteiger partial charge in [0.05, 0.1) is 18.8 Å². The second-order valence-electron chi connectivity index (χ2n) is 7.13. The minimum Gasteiger partial charge on any atom is -0.452 e. The zero-order valence-corrected chi connectivity index (χ0v) is 18.5. The third-order valence-corrected chi connectivity index (χ3v) is 6.95. The molecule has 32 heavy (non-hydrogen) atoms. The lowest BCUT2D eigenvalue weighted by Gasteiger charge is -2.26. The van der Waals surface area contributed by atoms with Crippen molar-refractivity contribution < 1.29 is 31.9 Å². The molecule has 1 amide bonds. The Kier molecular flexibility index (Phi) is 7.94. The Morgan fingerprint density at radius 2 is 1.81 bits per heavy atom. The minimum absolute atomic E-state index is 0.0964. The van der Waals surface area contributed by atoms with Crippen LogP contribution in [0.1, 0.15) is 22.8 Å². The van der Waals surface area contributed by atoms with Gasteiger partial charge in [-0.05, 0) is 30.7 Å². The van der Waals surface area contributed by atoms with Crippen molar-refractivity contribution in [3.05, 3.63) is 65.5 Å². The molecule has 0 spiro atoms. The smallest absolute Gasteiger partial charge is 0.338 e. The Hall–Kier alpha value is -2.82. The number of benzene rings is 2. The van der Waals surface area contributed by atoms with Crippen LogP contribution in [0.2, 0.25) is 0 Å². The fourth-order valence-corrected chi connectivity index (χ4v) is 4.73. The number of morpholine rings is 1. The molecule has 0 aromatic heterocycles. The molecule has 3 rings (SSSR count). The molecule has 2 aromatic carbocycles. The van der Waals surface area contributed by atoms with Gasteiger partial charge >= 0.3 is 5.97 Å². The van der Waals surface area contributed by atoms with E-state index in [-0.39, 0.29) is 31.9 Å². The molecule has 8 nitrogen and oxygen atoms in total. The highest BCUT2D eigenvalue weighted by molar-refractivity contribution is 7.89. The van der Waals surface area contributed by atoms with Gasteiger partial charge in [-0.1, -0.05) is 30.3 Å². The first-order chi connectivity index (χ1) is 15.3. The summed E-state index contributed by atoms with van der Waals surface area (Å²) in [5.74, 6) is -2.27. The van der Waals surface area contributed by atoms with Crippen LogP contribution in [-0.4, -0.2) is 69.0 Å². The number of sulfonamides is 1. The van der Waals surface area contributed by atoms with Crippen molar-refractivity contribution in [2.24, 2.45) is 0 Å². The maximum Gasteiger partial charge on any atom is 0.338 e. The van der Waals surface area contributed by atoms with E-state index < -0.39 is 39.2 Å². The SMILES string of the molecule is CCN(Cc1ccccc1)C(=O)COC(=O)c1ccc(F)c(S(=O)(=O)N2CCOCC2)c1. The summed E-state index contributed by atoms with van der Waals surface area (Å²) >= 11 is 0. The highest BCUT2D eigenvalue weighted by Crippen LogP contribution is 2.22. The Labute approximate surface area is 186 Å². The molecule has 1 aliphatic heterocycles. The van der Waals surface area contributed by atoms with E-state index in [9.17, 15) is 22.4 Å². The molecule has 0 atom stereocenters. The van der Waals surface area contributed by atoms with Gasteiger partial charge in [0.15, 0.2) is 6.61 Å². The number of nitrogens with zero attached hydrogens (tertiary/aromatic N) is 2. The molecule has 1 saturated heterocycles. The zero-order valence-electron chi connectivity index (χ0n) is 17.7. The van der Waals surface area contributed by atoms with Gasteiger partial charge in [-0.2, -0.15) is 4.31 Å². The lowest BCUT2D eigenvalue weighted by molar-refractivity contribution is -0.134. The Morgan fingerprint density at radius 1 is 1.12 bits per heavy atom. The fraction of sp³-hybridized carbons (Fsp3) is 0.364. The van der Waals surface area contributed by atoms with Crippen molar-refractivity contribution in [3.63, 3.8) is 0 Å². The van der Waals surface area contributed by atoms with Crippen molar-refractivity contribution in [2.45, 2.75) is 18.4 Å². The van der Waals surface area contributed by atoms with Crippen LogP contribution < -0.4 is 0 Å². The predicted octanol–water partition coefficient (Wildman–Crippen LogP) is 2.05. The summed E-state index contributed by atoms with van der Waals surface area (Å²) in [7, 11) is -4.14. The number of halogens is 1. The summed E-state index contributed by atoms with van der Waals surface area (Å²) in [5.41, 5.74) is 0.780. The van der Waals surface area contributed by atoms with Crippen molar-refractivity contribution in [2.75, 3.05) is 39.5 Å². The monoisotopic (exact) mass is 464 g/mol. The van der Waals surface area contributed by atoms with Crippen LogP contribution >= 0.6 is 0 Å². The van der Waals surface area contributed by atoms with Gasteiger partial charge in [0, 0.05) is 26.2 Å². The van der Waals surface area contributed by atoms with E-state index >= 15 is 0 Å². The summed E-state index contributed by atoms with van der Waals surface area (Å²) in [6, 6.07) is 12.3. The number of amides is 1. The molecule has 1 heterocycles. The van der Waals surface area contributed by atoms with E-state index in [2.05, 4.69) is 0 Å². The molecule has 2 aromatic rings. The van der Waals surface area contributed by atoms with E-state index in [1.54, 1.807) is 0 Å². The Balaban J connectivity index is 1.67. The standard InChI is InChI=1S/C22H25FN2O6S/c1-2-24(15-17-6-4-3-5-7-17)21(26)16-31-22(27)18-8-9-19(23)20(14-18)32(28,29)25-10-12-30-13-11-25/h3-9,14H,2,10-13,15-16H2,1H3. The molecule has 1 aliphatic rings. The maximum atomic E-state index is 14.3. The first-order valence-corrected chi connectivity index (χ1v) is 11.6. The van der Waals surface area contributed by atoms with Crippen LogP contribution in [0.3, 0.4) is 0 Å². The van der Waals surface area contributed by atoms with Gasteiger partial charge in [-0.15, -0.1) is 0 Å². The average Bonchev–Trinajstić information content (AvgIpc) is 2.82. The van der Waals surface area contributed by atoms with E-state index in [1.165, 1.54) is 4.90 Å². The van der Waals surface area contributed by atoms with Crippen molar-refractivity contribution >= 4 is 21.9 Å². The number of hydrogen-bond donors (Lipinski definition) is 0.